The molecule has 2 fully saturated rings. The maximum absolute atomic E-state index is 11.7. The number of anilines is 1. The molecule has 3 aliphatic rings. The van der Waals surface area contributed by atoms with Crippen LogP contribution >= 0.6 is 0 Å². The number of nitrogens with zero attached hydrogens (tertiary/aromatic N) is 5. The van der Waals surface area contributed by atoms with Crippen molar-refractivity contribution in [1.29, 1.82) is 0 Å². The van der Waals surface area contributed by atoms with Gasteiger partial charge in [0, 0.05) is 50.5 Å². The highest BCUT2D eigenvalue weighted by Crippen LogP contribution is 2.32. The molecule has 2 aromatic rings. The molecule has 0 saturated carbocycles. The zero-order valence-corrected chi connectivity index (χ0v) is 18.8. The maximum atomic E-state index is 11.7. The van der Waals surface area contributed by atoms with Crippen molar-refractivity contribution in [3.05, 3.63) is 53.8 Å². The molecule has 168 valence electrons. The summed E-state index contributed by atoms with van der Waals surface area (Å²) in [5, 5.41) is 10.7. The van der Waals surface area contributed by atoms with Gasteiger partial charge in [0.2, 0.25) is 0 Å². The van der Waals surface area contributed by atoms with Gasteiger partial charge in [-0.1, -0.05) is 6.58 Å². The van der Waals surface area contributed by atoms with Crippen molar-refractivity contribution in [2.75, 3.05) is 38.1 Å². The van der Waals surface area contributed by atoms with Gasteiger partial charge in [-0.25, -0.2) is 9.67 Å². The summed E-state index contributed by atoms with van der Waals surface area (Å²) < 4.78 is 1.97. The summed E-state index contributed by atoms with van der Waals surface area (Å²) in [6.45, 7) is 10.5. The van der Waals surface area contributed by atoms with E-state index in [-0.39, 0.29) is 5.91 Å². The fraction of sp³-hybridized carbons (Fsp3) is 0.458. The number of pyridine rings is 1. The van der Waals surface area contributed by atoms with Gasteiger partial charge in [0.1, 0.15) is 5.69 Å². The van der Waals surface area contributed by atoms with E-state index in [1.54, 1.807) is 13.1 Å². The van der Waals surface area contributed by atoms with Gasteiger partial charge in [0.05, 0.1) is 29.0 Å². The number of aryl methyl sites for hydroxylation is 1. The first-order chi connectivity index (χ1) is 15.5. The molecule has 2 N–H and O–H groups in total. The fourth-order valence-electron chi connectivity index (χ4n) is 5.15. The zero-order valence-electron chi connectivity index (χ0n) is 18.8. The van der Waals surface area contributed by atoms with Crippen LogP contribution in [0.1, 0.15) is 41.1 Å². The lowest BCUT2D eigenvalue weighted by Gasteiger charge is -2.38. The molecule has 2 saturated heterocycles. The Hall–Kier alpha value is -3.13. The third kappa shape index (κ3) is 3.90. The van der Waals surface area contributed by atoms with Crippen molar-refractivity contribution in [1.82, 2.24) is 30.3 Å². The Kier molecular flexibility index (Phi) is 5.46. The summed E-state index contributed by atoms with van der Waals surface area (Å²) in [7, 11) is 1.62. The molecule has 2 aromatic heterocycles. The van der Waals surface area contributed by atoms with E-state index in [1.807, 2.05) is 23.9 Å². The Morgan fingerprint density at radius 2 is 2.03 bits per heavy atom. The Labute approximate surface area is 189 Å². The molecule has 8 nitrogen and oxygen atoms in total. The number of aromatic nitrogens is 3. The first kappa shape index (κ1) is 20.8. The Balaban J connectivity index is 1.17. The minimum atomic E-state index is -0.149. The molecule has 0 aromatic carbocycles. The number of rotatable bonds is 4. The molecule has 0 radical (unpaired) electrons. The van der Waals surface area contributed by atoms with Crippen LogP contribution in [0.3, 0.4) is 0 Å². The summed E-state index contributed by atoms with van der Waals surface area (Å²) in [5.74, 6) is 0.341. The van der Waals surface area contributed by atoms with E-state index in [9.17, 15) is 4.79 Å². The van der Waals surface area contributed by atoms with E-state index in [2.05, 4.69) is 49.4 Å². The van der Waals surface area contributed by atoms with Crippen LogP contribution in [0.2, 0.25) is 0 Å². The Morgan fingerprint density at radius 3 is 2.75 bits per heavy atom. The summed E-state index contributed by atoms with van der Waals surface area (Å²) in [6, 6.07) is 6.49. The van der Waals surface area contributed by atoms with Gasteiger partial charge in [0.15, 0.2) is 0 Å². The molecule has 0 aliphatic carbocycles. The van der Waals surface area contributed by atoms with Crippen LogP contribution in [0, 0.1) is 12.8 Å². The van der Waals surface area contributed by atoms with Crippen molar-refractivity contribution in [3.63, 3.8) is 0 Å². The standard InChI is InChI=1S/C24H31N7O/c1-16-12-23-17(2)27-22(15-31(23)28-16)18-6-9-30(14-18)19-7-10-29(11-8-19)20-4-5-21(26-13-20)24(32)25-3/h4-5,12-13,15,18-19,27H,2,6-11,14H2,1,3H3,(H,25,32). The van der Waals surface area contributed by atoms with Crippen LogP contribution in [0.25, 0.3) is 11.9 Å². The molecule has 5 heterocycles. The molecule has 0 bridgehead atoms. The smallest absolute Gasteiger partial charge is 0.269 e. The summed E-state index contributed by atoms with van der Waals surface area (Å²) >= 11 is 0. The van der Waals surface area contributed by atoms with Gasteiger partial charge in [0.25, 0.3) is 5.91 Å². The van der Waals surface area contributed by atoms with Crippen molar-refractivity contribution in [3.8, 4) is 0 Å². The van der Waals surface area contributed by atoms with Gasteiger partial charge in [-0.05, 0) is 50.9 Å². The largest absolute Gasteiger partial charge is 0.370 e. The van der Waals surface area contributed by atoms with Crippen LogP contribution in [-0.2, 0) is 0 Å². The van der Waals surface area contributed by atoms with Gasteiger partial charge >= 0.3 is 0 Å². The molecule has 8 heteroatoms. The molecule has 32 heavy (non-hydrogen) atoms. The highest BCUT2D eigenvalue weighted by atomic mass is 16.1. The van der Waals surface area contributed by atoms with Crippen LogP contribution in [0.4, 0.5) is 5.69 Å². The normalized spacial score (nSPS) is 21.8. The second-order valence-electron chi connectivity index (χ2n) is 8.98. The van der Waals surface area contributed by atoms with E-state index < -0.39 is 0 Å². The quantitative estimate of drug-likeness (QED) is 0.771. The average Bonchev–Trinajstić information content (AvgIpc) is 3.45. The lowest BCUT2D eigenvalue weighted by Crippen LogP contribution is -2.44. The van der Waals surface area contributed by atoms with Crippen molar-refractivity contribution < 1.29 is 4.79 Å². The molecule has 0 spiro atoms. The summed E-state index contributed by atoms with van der Waals surface area (Å²) in [5.41, 5.74) is 5.78. The molecular formula is C24H31N7O. The molecule has 1 atom stereocenters. The van der Waals surface area contributed by atoms with Gasteiger partial charge in [-0.3, -0.25) is 9.69 Å². The third-order valence-corrected chi connectivity index (χ3v) is 6.94. The van der Waals surface area contributed by atoms with E-state index in [4.69, 9.17) is 0 Å². The SMILES string of the molecule is C=C1NC(C2CCN(C3CCN(c4ccc(C(=O)NC)nc4)CC3)C2)=Cn2nc(C)cc21. The fourth-order valence-corrected chi connectivity index (χ4v) is 5.15. The first-order valence-corrected chi connectivity index (χ1v) is 11.4. The number of piperidine rings is 1. The van der Waals surface area contributed by atoms with E-state index in [1.165, 1.54) is 5.70 Å². The predicted octanol–water partition coefficient (Wildman–Crippen LogP) is 2.31. The van der Waals surface area contributed by atoms with Gasteiger partial charge < -0.3 is 15.5 Å². The predicted molar refractivity (Wildman–Crippen MR) is 126 cm³/mol. The lowest BCUT2D eigenvalue weighted by atomic mass is 10.0. The number of hydrogen-bond acceptors (Lipinski definition) is 6. The molecule has 1 amide bonds. The van der Waals surface area contributed by atoms with Crippen molar-refractivity contribution in [2.45, 2.75) is 32.2 Å². The van der Waals surface area contributed by atoms with Crippen molar-refractivity contribution >= 4 is 23.5 Å². The molecular weight excluding hydrogens is 402 g/mol. The van der Waals surface area contributed by atoms with Crippen molar-refractivity contribution in [2.24, 2.45) is 5.92 Å². The highest BCUT2D eigenvalue weighted by Gasteiger charge is 2.33. The lowest BCUT2D eigenvalue weighted by molar-refractivity contribution is 0.0958. The number of fused-ring (bicyclic) bond motifs is 1. The van der Waals surface area contributed by atoms with Crippen LogP contribution < -0.4 is 15.5 Å². The average molecular weight is 434 g/mol. The van der Waals surface area contributed by atoms with Gasteiger partial charge in [-0.15, -0.1) is 0 Å². The zero-order chi connectivity index (χ0) is 22.2. The monoisotopic (exact) mass is 433 g/mol. The number of carbonyl (C=O) groups excluding carboxylic acids is 1. The topological polar surface area (TPSA) is 78.3 Å². The third-order valence-electron chi connectivity index (χ3n) is 6.94. The number of likely N-dealkylation sites (tertiary alicyclic amines) is 1. The minimum Gasteiger partial charge on any atom is -0.370 e. The molecule has 1 unspecified atom stereocenters. The van der Waals surface area contributed by atoms with Crippen LogP contribution in [0.15, 0.2) is 36.7 Å². The minimum absolute atomic E-state index is 0.149. The van der Waals surface area contributed by atoms with Crippen LogP contribution in [-0.4, -0.2) is 64.8 Å². The Morgan fingerprint density at radius 1 is 1.22 bits per heavy atom. The molecule has 5 rings (SSSR count). The molecule has 3 aliphatic heterocycles. The maximum Gasteiger partial charge on any atom is 0.269 e. The number of carbonyl (C=O) groups is 1. The van der Waals surface area contributed by atoms with Gasteiger partial charge in [-0.2, -0.15) is 5.10 Å². The first-order valence-electron chi connectivity index (χ1n) is 11.4. The van der Waals surface area contributed by atoms with E-state index >= 15 is 0 Å². The second-order valence-corrected chi connectivity index (χ2v) is 8.98. The van der Waals surface area contributed by atoms with E-state index in [0.29, 0.717) is 17.7 Å². The summed E-state index contributed by atoms with van der Waals surface area (Å²) in [6.07, 6.45) is 7.41. The number of nitrogens with one attached hydrogen (secondary N) is 2. The Bertz CT molecular complexity index is 1050. The second kappa shape index (κ2) is 8.43. The highest BCUT2D eigenvalue weighted by molar-refractivity contribution is 5.92. The number of amides is 1. The van der Waals surface area contributed by atoms with Crippen LogP contribution in [0.5, 0.6) is 0 Å². The summed E-state index contributed by atoms with van der Waals surface area (Å²) in [4.78, 5) is 21.0. The van der Waals surface area contributed by atoms with E-state index in [0.717, 1.165) is 68.2 Å². The number of hydrogen-bond donors (Lipinski definition) is 2.